The topological polar surface area (TPSA) is 30.5 Å². The van der Waals surface area contributed by atoms with Gasteiger partial charge in [0.2, 0.25) is 0 Å². The number of benzene rings is 1. The zero-order valence-electron chi connectivity index (χ0n) is 10.3. The van der Waals surface area contributed by atoms with Crippen LogP contribution in [0.4, 0.5) is 4.39 Å². The molecular formula is C13H18FNO2. The second-order valence-electron chi connectivity index (χ2n) is 4.32. The van der Waals surface area contributed by atoms with Gasteiger partial charge in [0.25, 0.3) is 0 Å². The van der Waals surface area contributed by atoms with Gasteiger partial charge in [-0.1, -0.05) is 6.07 Å². The Labute approximate surface area is 101 Å². The Hall–Kier alpha value is -1.29. The lowest BCUT2D eigenvalue weighted by molar-refractivity contribution is 0.121. The van der Waals surface area contributed by atoms with Crippen LogP contribution in [0.25, 0.3) is 0 Å². The molecule has 1 aromatic carbocycles. The molecule has 0 aromatic heterocycles. The molecule has 1 heterocycles. The van der Waals surface area contributed by atoms with Gasteiger partial charge in [-0.25, -0.2) is 4.39 Å². The van der Waals surface area contributed by atoms with Gasteiger partial charge in [-0.2, -0.15) is 0 Å². The Kier molecular flexibility index (Phi) is 3.52. The van der Waals surface area contributed by atoms with E-state index in [-0.39, 0.29) is 0 Å². The molecule has 2 rings (SSSR count). The first kappa shape index (κ1) is 12.2. The predicted octanol–water partition coefficient (Wildman–Crippen LogP) is 2.25. The molecular weight excluding hydrogens is 221 g/mol. The summed E-state index contributed by atoms with van der Waals surface area (Å²) in [5.74, 6) is 1.20. The van der Waals surface area contributed by atoms with Crippen LogP contribution in [0.3, 0.4) is 0 Å². The van der Waals surface area contributed by atoms with E-state index in [0.29, 0.717) is 30.0 Å². The van der Waals surface area contributed by atoms with Crippen LogP contribution in [-0.2, 0) is 5.67 Å². The highest BCUT2D eigenvalue weighted by atomic mass is 19.1. The van der Waals surface area contributed by atoms with Crippen molar-refractivity contribution in [2.75, 3.05) is 27.3 Å². The third-order valence-corrected chi connectivity index (χ3v) is 3.23. The average molecular weight is 239 g/mol. The van der Waals surface area contributed by atoms with E-state index in [4.69, 9.17) is 9.47 Å². The maximum atomic E-state index is 14.7. The van der Waals surface area contributed by atoms with E-state index in [1.54, 1.807) is 32.4 Å². The Morgan fingerprint density at radius 3 is 2.59 bits per heavy atom. The van der Waals surface area contributed by atoms with Gasteiger partial charge in [0.15, 0.2) is 11.5 Å². The van der Waals surface area contributed by atoms with Crippen molar-refractivity contribution in [1.29, 1.82) is 0 Å². The molecule has 94 valence electrons. The van der Waals surface area contributed by atoms with E-state index in [9.17, 15) is 4.39 Å². The van der Waals surface area contributed by atoms with E-state index < -0.39 is 5.67 Å². The lowest BCUT2D eigenvalue weighted by atomic mass is 9.88. The van der Waals surface area contributed by atoms with Gasteiger partial charge in [-0.3, -0.25) is 0 Å². The summed E-state index contributed by atoms with van der Waals surface area (Å²) < 4.78 is 25.0. The van der Waals surface area contributed by atoms with Gasteiger partial charge in [-0.15, -0.1) is 0 Å². The van der Waals surface area contributed by atoms with E-state index in [1.807, 2.05) is 0 Å². The second kappa shape index (κ2) is 4.92. The number of methoxy groups -OCH3 is 2. The van der Waals surface area contributed by atoms with Crippen molar-refractivity contribution < 1.29 is 13.9 Å². The summed E-state index contributed by atoms with van der Waals surface area (Å²) >= 11 is 0. The van der Waals surface area contributed by atoms with Gasteiger partial charge in [0, 0.05) is 6.54 Å². The van der Waals surface area contributed by atoms with Crippen LogP contribution in [-0.4, -0.2) is 27.3 Å². The van der Waals surface area contributed by atoms with Crippen molar-refractivity contribution in [2.45, 2.75) is 18.5 Å². The fourth-order valence-electron chi connectivity index (χ4n) is 2.23. The summed E-state index contributed by atoms with van der Waals surface area (Å²) in [6, 6.07) is 5.25. The SMILES string of the molecule is COc1ccc(C2(F)CCCNC2)cc1OC. The van der Waals surface area contributed by atoms with Crippen molar-refractivity contribution >= 4 is 0 Å². The van der Waals surface area contributed by atoms with Gasteiger partial charge in [0.05, 0.1) is 14.2 Å². The van der Waals surface area contributed by atoms with Crippen molar-refractivity contribution in [3.63, 3.8) is 0 Å². The summed E-state index contributed by atoms with van der Waals surface area (Å²) in [5.41, 5.74) is -0.639. The quantitative estimate of drug-likeness (QED) is 0.877. The van der Waals surface area contributed by atoms with Crippen LogP contribution < -0.4 is 14.8 Å². The summed E-state index contributed by atoms with van der Waals surface area (Å²) in [5, 5.41) is 3.09. The Morgan fingerprint density at radius 2 is 2.00 bits per heavy atom. The number of halogens is 1. The molecule has 1 unspecified atom stereocenters. The first-order valence-electron chi connectivity index (χ1n) is 5.82. The lowest BCUT2D eigenvalue weighted by Gasteiger charge is -2.30. The van der Waals surface area contributed by atoms with Crippen molar-refractivity contribution in [3.05, 3.63) is 23.8 Å². The highest BCUT2D eigenvalue weighted by molar-refractivity contribution is 5.44. The zero-order chi connectivity index (χ0) is 12.3. The molecule has 4 heteroatoms. The minimum atomic E-state index is -1.29. The maximum absolute atomic E-state index is 14.7. The van der Waals surface area contributed by atoms with E-state index in [0.717, 1.165) is 13.0 Å². The fourth-order valence-corrected chi connectivity index (χ4v) is 2.23. The molecule has 0 radical (unpaired) electrons. The third kappa shape index (κ3) is 2.36. The number of piperidine rings is 1. The fraction of sp³-hybridized carbons (Fsp3) is 0.538. The molecule has 1 atom stereocenters. The molecule has 0 saturated carbocycles. The van der Waals surface area contributed by atoms with E-state index in [1.165, 1.54) is 0 Å². The molecule has 1 aliphatic rings. The van der Waals surface area contributed by atoms with Gasteiger partial charge < -0.3 is 14.8 Å². The number of rotatable bonds is 3. The maximum Gasteiger partial charge on any atom is 0.161 e. The van der Waals surface area contributed by atoms with Gasteiger partial charge >= 0.3 is 0 Å². The van der Waals surface area contributed by atoms with Crippen LogP contribution in [0.1, 0.15) is 18.4 Å². The van der Waals surface area contributed by atoms with Gasteiger partial charge in [-0.05, 0) is 37.1 Å². The molecule has 0 spiro atoms. The molecule has 1 aromatic rings. The van der Waals surface area contributed by atoms with Crippen LogP contribution in [0.15, 0.2) is 18.2 Å². The smallest absolute Gasteiger partial charge is 0.161 e. The largest absolute Gasteiger partial charge is 0.493 e. The number of nitrogens with one attached hydrogen (secondary N) is 1. The zero-order valence-corrected chi connectivity index (χ0v) is 10.3. The molecule has 17 heavy (non-hydrogen) atoms. The second-order valence-corrected chi connectivity index (χ2v) is 4.32. The standard InChI is InChI=1S/C13H18FNO2/c1-16-11-5-4-10(8-12(11)17-2)13(14)6-3-7-15-9-13/h4-5,8,15H,3,6-7,9H2,1-2H3. The lowest BCUT2D eigenvalue weighted by Crippen LogP contribution is -2.40. The van der Waals surface area contributed by atoms with Crippen molar-refractivity contribution in [2.24, 2.45) is 0 Å². The first-order chi connectivity index (χ1) is 8.19. The third-order valence-electron chi connectivity index (χ3n) is 3.23. The molecule has 1 fully saturated rings. The van der Waals surface area contributed by atoms with Crippen LogP contribution in [0, 0.1) is 0 Å². The van der Waals surface area contributed by atoms with Gasteiger partial charge in [0.1, 0.15) is 5.67 Å². The number of alkyl halides is 1. The number of hydrogen-bond donors (Lipinski definition) is 1. The molecule has 1 N–H and O–H groups in total. The summed E-state index contributed by atoms with van der Waals surface area (Å²) in [6.45, 7) is 1.25. The normalized spacial score (nSPS) is 24.4. The molecule has 0 amide bonds. The monoisotopic (exact) mass is 239 g/mol. The van der Waals surface area contributed by atoms with Crippen LogP contribution >= 0.6 is 0 Å². The molecule has 0 aliphatic carbocycles. The highest BCUT2D eigenvalue weighted by Gasteiger charge is 2.34. The molecule has 3 nitrogen and oxygen atoms in total. The first-order valence-corrected chi connectivity index (χ1v) is 5.82. The Morgan fingerprint density at radius 1 is 1.24 bits per heavy atom. The van der Waals surface area contributed by atoms with E-state index in [2.05, 4.69) is 5.32 Å². The van der Waals surface area contributed by atoms with E-state index >= 15 is 0 Å². The molecule has 1 aliphatic heterocycles. The highest BCUT2D eigenvalue weighted by Crippen LogP contribution is 2.37. The van der Waals surface area contributed by atoms with Crippen LogP contribution in [0.2, 0.25) is 0 Å². The molecule has 1 saturated heterocycles. The summed E-state index contributed by atoms with van der Waals surface area (Å²) in [7, 11) is 3.14. The predicted molar refractivity (Wildman–Crippen MR) is 64.4 cm³/mol. The summed E-state index contributed by atoms with van der Waals surface area (Å²) in [6.07, 6.45) is 1.40. The molecule has 0 bridgehead atoms. The van der Waals surface area contributed by atoms with Crippen LogP contribution in [0.5, 0.6) is 11.5 Å². The Bertz CT molecular complexity index is 389. The minimum Gasteiger partial charge on any atom is -0.493 e. The van der Waals surface area contributed by atoms with Crippen molar-refractivity contribution in [3.8, 4) is 11.5 Å². The average Bonchev–Trinajstić information content (AvgIpc) is 2.38. The minimum absolute atomic E-state index is 0.364. The number of ether oxygens (including phenoxy) is 2. The van der Waals surface area contributed by atoms with Crippen molar-refractivity contribution in [1.82, 2.24) is 5.32 Å². The Balaban J connectivity index is 2.32. The summed E-state index contributed by atoms with van der Waals surface area (Å²) in [4.78, 5) is 0. The number of hydrogen-bond acceptors (Lipinski definition) is 3.